The number of aromatic nitrogens is 1. The highest BCUT2D eigenvalue weighted by Gasteiger charge is 2.01. The molecule has 0 saturated carbocycles. The summed E-state index contributed by atoms with van der Waals surface area (Å²) in [6.07, 6.45) is 3.62. The van der Waals surface area contributed by atoms with Crippen molar-refractivity contribution in [3.8, 4) is 11.5 Å². The van der Waals surface area contributed by atoms with Gasteiger partial charge in [0.1, 0.15) is 11.5 Å². The second kappa shape index (κ2) is 7.69. The van der Waals surface area contributed by atoms with Crippen LogP contribution >= 0.6 is 11.3 Å². The van der Waals surface area contributed by atoms with E-state index < -0.39 is 0 Å². The predicted molar refractivity (Wildman–Crippen MR) is 87.3 cm³/mol. The van der Waals surface area contributed by atoms with Crippen LogP contribution < -0.4 is 14.8 Å². The first kappa shape index (κ1) is 15.4. The Kier molecular flexibility index (Phi) is 5.63. The lowest BCUT2D eigenvalue weighted by atomic mass is 10.2. The first-order valence-electron chi connectivity index (χ1n) is 6.81. The summed E-state index contributed by atoms with van der Waals surface area (Å²) in [4.78, 5) is 5.44. The van der Waals surface area contributed by atoms with Crippen LogP contribution in [0.25, 0.3) is 0 Å². The highest BCUT2D eigenvalue weighted by molar-refractivity contribution is 7.15. The van der Waals surface area contributed by atoms with Crippen molar-refractivity contribution >= 4 is 16.5 Å². The molecule has 2 aromatic rings. The lowest BCUT2D eigenvalue weighted by Gasteiger charge is -2.09. The van der Waals surface area contributed by atoms with Gasteiger partial charge in [-0.15, -0.1) is 11.3 Å². The molecular weight excluding hydrogens is 284 g/mol. The van der Waals surface area contributed by atoms with Gasteiger partial charge < -0.3 is 14.8 Å². The van der Waals surface area contributed by atoms with Gasteiger partial charge in [0.2, 0.25) is 0 Å². The molecule has 0 spiro atoms. The number of thiazole rings is 1. The Hall–Kier alpha value is -2.01. The smallest absolute Gasteiger partial charge is 0.187 e. The van der Waals surface area contributed by atoms with Crippen molar-refractivity contribution in [1.29, 1.82) is 0 Å². The van der Waals surface area contributed by atoms with E-state index in [4.69, 9.17) is 9.47 Å². The van der Waals surface area contributed by atoms with Crippen LogP contribution in [0.3, 0.4) is 0 Å². The number of rotatable bonds is 8. The third-order valence-corrected chi connectivity index (χ3v) is 3.68. The van der Waals surface area contributed by atoms with Gasteiger partial charge in [-0.05, 0) is 44.0 Å². The van der Waals surface area contributed by atoms with E-state index in [0.29, 0.717) is 6.61 Å². The maximum Gasteiger partial charge on any atom is 0.187 e. The minimum atomic E-state index is 0.657. The number of hydrogen-bond acceptors (Lipinski definition) is 5. The van der Waals surface area contributed by atoms with Crippen molar-refractivity contribution in [3.05, 3.63) is 47.6 Å². The van der Waals surface area contributed by atoms with Gasteiger partial charge in [-0.1, -0.05) is 6.58 Å². The van der Waals surface area contributed by atoms with Gasteiger partial charge in [-0.3, -0.25) is 0 Å². The zero-order chi connectivity index (χ0) is 15.1. The molecule has 1 aromatic carbocycles. The molecule has 0 aliphatic carbocycles. The molecule has 4 nitrogen and oxygen atoms in total. The van der Waals surface area contributed by atoms with Crippen molar-refractivity contribution in [2.45, 2.75) is 19.8 Å². The van der Waals surface area contributed by atoms with Gasteiger partial charge in [0.25, 0.3) is 0 Å². The Labute approximate surface area is 129 Å². The van der Waals surface area contributed by atoms with Crippen molar-refractivity contribution in [1.82, 2.24) is 4.98 Å². The van der Waals surface area contributed by atoms with Gasteiger partial charge in [0.15, 0.2) is 5.13 Å². The lowest BCUT2D eigenvalue weighted by Crippen LogP contribution is -2.02. The Morgan fingerprint density at radius 3 is 2.62 bits per heavy atom. The Morgan fingerprint density at radius 2 is 2.00 bits per heavy atom. The molecule has 1 N–H and O–H groups in total. The first-order valence-corrected chi connectivity index (χ1v) is 7.63. The Balaban J connectivity index is 1.65. The van der Waals surface area contributed by atoms with E-state index in [2.05, 4.69) is 16.9 Å². The van der Waals surface area contributed by atoms with Crippen LogP contribution in [0.4, 0.5) is 5.13 Å². The molecule has 0 aliphatic rings. The Morgan fingerprint density at radius 1 is 1.29 bits per heavy atom. The largest absolute Gasteiger partial charge is 0.497 e. The van der Waals surface area contributed by atoms with Crippen LogP contribution in [0.2, 0.25) is 0 Å². The summed E-state index contributed by atoms with van der Waals surface area (Å²) < 4.78 is 10.8. The minimum Gasteiger partial charge on any atom is -0.497 e. The van der Waals surface area contributed by atoms with Gasteiger partial charge in [0.05, 0.1) is 13.7 Å². The number of methoxy groups -OCH3 is 1. The second-order valence-electron chi connectivity index (χ2n) is 4.63. The second-order valence-corrected chi connectivity index (χ2v) is 5.87. The van der Waals surface area contributed by atoms with Crippen molar-refractivity contribution < 1.29 is 9.47 Å². The van der Waals surface area contributed by atoms with Gasteiger partial charge in [0, 0.05) is 16.8 Å². The molecule has 0 atom stereocenters. The zero-order valence-electron chi connectivity index (χ0n) is 12.4. The lowest BCUT2D eigenvalue weighted by molar-refractivity contribution is 0.310. The standard InChI is InChI=1S/C16H20N2O2S/c1-12(18-16-17-11-13(2)21-16)5-4-10-20-15-8-6-14(19-3)7-9-15/h6-9,11H,1,4-5,10H2,2-3H3,(H,17,18). The molecule has 1 aromatic heterocycles. The average Bonchev–Trinajstić information content (AvgIpc) is 2.89. The van der Waals surface area contributed by atoms with E-state index in [1.54, 1.807) is 18.4 Å². The number of aryl methyl sites for hydroxylation is 1. The molecule has 0 bridgehead atoms. The summed E-state index contributed by atoms with van der Waals surface area (Å²) >= 11 is 1.63. The molecule has 0 aliphatic heterocycles. The third kappa shape index (κ3) is 5.11. The van der Waals surface area contributed by atoms with Crippen LogP contribution in [-0.4, -0.2) is 18.7 Å². The number of allylic oxidation sites excluding steroid dienone is 1. The number of benzene rings is 1. The van der Waals surface area contributed by atoms with E-state index in [-0.39, 0.29) is 0 Å². The maximum absolute atomic E-state index is 5.67. The van der Waals surface area contributed by atoms with Crippen molar-refractivity contribution in [3.63, 3.8) is 0 Å². The molecule has 5 heteroatoms. The highest BCUT2D eigenvalue weighted by atomic mass is 32.1. The molecule has 0 fully saturated rings. The molecule has 0 saturated heterocycles. The number of nitrogens with zero attached hydrogens (tertiary/aromatic N) is 1. The minimum absolute atomic E-state index is 0.657. The number of hydrogen-bond donors (Lipinski definition) is 1. The summed E-state index contributed by atoms with van der Waals surface area (Å²) in [6, 6.07) is 7.59. The maximum atomic E-state index is 5.67. The van der Waals surface area contributed by atoms with Crippen LogP contribution in [0.1, 0.15) is 17.7 Å². The molecule has 2 rings (SSSR count). The van der Waals surface area contributed by atoms with Crippen LogP contribution in [0, 0.1) is 6.92 Å². The number of ether oxygens (including phenoxy) is 2. The van der Waals surface area contributed by atoms with Crippen molar-refractivity contribution in [2.24, 2.45) is 0 Å². The van der Waals surface area contributed by atoms with Gasteiger partial charge >= 0.3 is 0 Å². The summed E-state index contributed by atoms with van der Waals surface area (Å²) in [5, 5.41) is 4.11. The highest BCUT2D eigenvalue weighted by Crippen LogP contribution is 2.20. The molecule has 1 heterocycles. The zero-order valence-corrected chi connectivity index (χ0v) is 13.2. The normalized spacial score (nSPS) is 10.2. The third-order valence-electron chi connectivity index (χ3n) is 2.86. The topological polar surface area (TPSA) is 43.4 Å². The fourth-order valence-electron chi connectivity index (χ4n) is 1.77. The van der Waals surface area contributed by atoms with Crippen LogP contribution in [0.5, 0.6) is 11.5 Å². The summed E-state index contributed by atoms with van der Waals surface area (Å²) in [6.45, 7) is 6.70. The monoisotopic (exact) mass is 304 g/mol. The van der Waals surface area contributed by atoms with E-state index >= 15 is 0 Å². The molecule has 0 unspecified atom stereocenters. The number of nitrogens with one attached hydrogen (secondary N) is 1. The number of anilines is 1. The summed E-state index contributed by atoms with van der Waals surface area (Å²) in [7, 11) is 1.65. The van der Waals surface area contributed by atoms with Crippen molar-refractivity contribution in [2.75, 3.05) is 19.0 Å². The van der Waals surface area contributed by atoms with Crippen LogP contribution in [-0.2, 0) is 0 Å². The fourth-order valence-corrected chi connectivity index (χ4v) is 2.48. The molecular formula is C16H20N2O2S. The summed E-state index contributed by atoms with van der Waals surface area (Å²) in [5.74, 6) is 1.68. The van der Waals surface area contributed by atoms with E-state index in [1.807, 2.05) is 37.4 Å². The first-order chi connectivity index (χ1) is 10.2. The van der Waals surface area contributed by atoms with Gasteiger partial charge in [-0.25, -0.2) is 4.98 Å². The van der Waals surface area contributed by atoms with E-state index in [0.717, 1.165) is 35.2 Å². The van der Waals surface area contributed by atoms with Crippen LogP contribution in [0.15, 0.2) is 42.7 Å². The van der Waals surface area contributed by atoms with E-state index in [9.17, 15) is 0 Å². The molecule has 112 valence electrons. The molecule has 0 amide bonds. The quantitative estimate of drug-likeness (QED) is 0.741. The summed E-state index contributed by atoms with van der Waals surface area (Å²) in [5.41, 5.74) is 0.961. The molecule has 21 heavy (non-hydrogen) atoms. The fraction of sp³-hybridized carbons (Fsp3) is 0.312. The SMILES string of the molecule is C=C(CCCOc1ccc(OC)cc1)Nc1ncc(C)s1. The predicted octanol–water partition coefficient (Wildman–Crippen LogP) is 4.24. The Bertz CT molecular complexity index is 578. The van der Waals surface area contributed by atoms with Gasteiger partial charge in [-0.2, -0.15) is 0 Å². The molecule has 0 radical (unpaired) electrons. The average molecular weight is 304 g/mol. The van der Waals surface area contributed by atoms with E-state index in [1.165, 1.54) is 4.88 Å².